The van der Waals surface area contributed by atoms with Gasteiger partial charge >= 0.3 is 0 Å². The van der Waals surface area contributed by atoms with Gasteiger partial charge in [-0.3, -0.25) is 5.10 Å². The predicted octanol–water partition coefficient (Wildman–Crippen LogP) is 2.36. The van der Waals surface area contributed by atoms with Crippen LogP contribution in [0, 0.1) is 0 Å². The summed E-state index contributed by atoms with van der Waals surface area (Å²) in [6.45, 7) is 2.12. The maximum Gasteiger partial charge on any atom is 0.150 e. The molecule has 1 aromatic heterocycles. The fourth-order valence-electron chi connectivity index (χ4n) is 1.69. The lowest BCUT2D eigenvalue weighted by atomic mass is 10.1. The highest BCUT2D eigenvalue weighted by atomic mass is 16.5. The lowest BCUT2D eigenvalue weighted by molar-refractivity contribution is 0.414. The largest absolute Gasteiger partial charge is 0.497 e. The van der Waals surface area contributed by atoms with Gasteiger partial charge in [-0.05, 0) is 24.1 Å². The number of aromatic amines is 1. The summed E-state index contributed by atoms with van der Waals surface area (Å²) in [5.74, 6) is 2.69. The maximum atomic E-state index is 5.12. The van der Waals surface area contributed by atoms with Crippen molar-refractivity contribution in [1.29, 1.82) is 0 Å². The van der Waals surface area contributed by atoms with Crippen molar-refractivity contribution in [1.82, 2.24) is 15.2 Å². The van der Waals surface area contributed by atoms with Gasteiger partial charge in [-0.1, -0.05) is 19.1 Å². The standard InChI is InChI=1S/C13H17N3O/c1-3-4-12-14-13(16-15-12)9-10-5-7-11(17-2)8-6-10/h5-8H,3-4,9H2,1-2H3,(H,14,15,16). The molecular weight excluding hydrogens is 214 g/mol. The molecule has 2 rings (SSSR count). The Bertz CT molecular complexity index is 462. The van der Waals surface area contributed by atoms with Gasteiger partial charge in [-0.2, -0.15) is 5.10 Å². The van der Waals surface area contributed by atoms with Crippen molar-refractivity contribution in [3.05, 3.63) is 41.5 Å². The van der Waals surface area contributed by atoms with Crippen LogP contribution in [-0.2, 0) is 12.8 Å². The number of benzene rings is 1. The van der Waals surface area contributed by atoms with Gasteiger partial charge in [0.15, 0.2) is 5.82 Å². The van der Waals surface area contributed by atoms with Gasteiger partial charge in [0.1, 0.15) is 11.6 Å². The first-order valence-corrected chi connectivity index (χ1v) is 5.85. The molecule has 0 spiro atoms. The van der Waals surface area contributed by atoms with E-state index < -0.39 is 0 Å². The third-order valence-corrected chi connectivity index (χ3v) is 2.58. The summed E-state index contributed by atoms with van der Waals surface area (Å²) in [6, 6.07) is 8.00. The molecule has 1 heterocycles. The van der Waals surface area contributed by atoms with E-state index in [0.717, 1.165) is 36.7 Å². The van der Waals surface area contributed by atoms with Crippen molar-refractivity contribution in [2.24, 2.45) is 0 Å². The second kappa shape index (κ2) is 5.48. The zero-order valence-corrected chi connectivity index (χ0v) is 10.2. The number of ether oxygens (including phenoxy) is 1. The number of hydrogen-bond acceptors (Lipinski definition) is 3. The SMILES string of the molecule is CCCc1n[nH]c(Cc2ccc(OC)cc2)n1. The molecule has 0 fully saturated rings. The molecule has 0 saturated heterocycles. The average molecular weight is 231 g/mol. The monoisotopic (exact) mass is 231 g/mol. The Morgan fingerprint density at radius 3 is 2.65 bits per heavy atom. The molecule has 17 heavy (non-hydrogen) atoms. The summed E-state index contributed by atoms with van der Waals surface area (Å²) in [5.41, 5.74) is 1.20. The van der Waals surface area contributed by atoms with Crippen LogP contribution in [0.25, 0.3) is 0 Å². The summed E-state index contributed by atoms with van der Waals surface area (Å²) in [6.07, 6.45) is 2.78. The van der Waals surface area contributed by atoms with E-state index in [-0.39, 0.29) is 0 Å². The van der Waals surface area contributed by atoms with Crippen molar-refractivity contribution in [3.8, 4) is 5.75 Å². The van der Waals surface area contributed by atoms with Crippen LogP contribution in [-0.4, -0.2) is 22.3 Å². The van der Waals surface area contributed by atoms with Crippen molar-refractivity contribution >= 4 is 0 Å². The lowest BCUT2D eigenvalue weighted by Crippen LogP contribution is -1.92. The van der Waals surface area contributed by atoms with Gasteiger partial charge in [0, 0.05) is 12.8 Å². The number of aromatic nitrogens is 3. The van der Waals surface area contributed by atoms with Crippen molar-refractivity contribution in [2.75, 3.05) is 7.11 Å². The maximum absolute atomic E-state index is 5.12. The molecule has 2 aromatic rings. The van der Waals surface area contributed by atoms with Crippen LogP contribution in [0.15, 0.2) is 24.3 Å². The number of rotatable bonds is 5. The minimum Gasteiger partial charge on any atom is -0.497 e. The molecule has 0 amide bonds. The van der Waals surface area contributed by atoms with E-state index in [1.165, 1.54) is 5.56 Å². The minimum atomic E-state index is 0.778. The predicted molar refractivity (Wildman–Crippen MR) is 66.2 cm³/mol. The van der Waals surface area contributed by atoms with Crippen molar-refractivity contribution < 1.29 is 4.74 Å². The van der Waals surface area contributed by atoms with E-state index in [9.17, 15) is 0 Å². The van der Waals surface area contributed by atoms with Gasteiger partial charge in [0.05, 0.1) is 7.11 Å². The van der Waals surface area contributed by atoms with Crippen molar-refractivity contribution in [2.45, 2.75) is 26.2 Å². The summed E-state index contributed by atoms with van der Waals surface area (Å²) in [7, 11) is 1.67. The molecule has 0 atom stereocenters. The second-order valence-corrected chi connectivity index (χ2v) is 3.97. The Morgan fingerprint density at radius 1 is 1.24 bits per heavy atom. The quantitative estimate of drug-likeness (QED) is 0.859. The number of hydrogen-bond donors (Lipinski definition) is 1. The molecule has 0 saturated carbocycles. The number of aryl methyl sites for hydroxylation is 1. The topological polar surface area (TPSA) is 50.8 Å². The first kappa shape index (κ1) is 11.6. The van der Waals surface area contributed by atoms with Crippen LogP contribution in [0.1, 0.15) is 30.6 Å². The smallest absolute Gasteiger partial charge is 0.150 e. The highest BCUT2D eigenvalue weighted by Crippen LogP contribution is 2.13. The minimum absolute atomic E-state index is 0.778. The lowest BCUT2D eigenvalue weighted by Gasteiger charge is -2.01. The second-order valence-electron chi connectivity index (χ2n) is 3.97. The fourth-order valence-corrected chi connectivity index (χ4v) is 1.69. The number of methoxy groups -OCH3 is 1. The van der Waals surface area contributed by atoms with E-state index in [0.29, 0.717) is 0 Å². The molecule has 0 aliphatic heterocycles. The number of H-pyrrole nitrogens is 1. The van der Waals surface area contributed by atoms with E-state index in [2.05, 4.69) is 22.1 Å². The average Bonchev–Trinajstić information content (AvgIpc) is 2.78. The van der Waals surface area contributed by atoms with Gasteiger partial charge in [-0.15, -0.1) is 0 Å². The molecular formula is C13H17N3O. The zero-order chi connectivity index (χ0) is 12.1. The fraction of sp³-hybridized carbons (Fsp3) is 0.385. The van der Waals surface area contributed by atoms with Crippen LogP contribution in [0.4, 0.5) is 0 Å². The molecule has 0 bridgehead atoms. The Balaban J connectivity index is 2.03. The van der Waals surface area contributed by atoms with Crippen LogP contribution in [0.3, 0.4) is 0 Å². The highest BCUT2D eigenvalue weighted by Gasteiger charge is 2.03. The Kier molecular flexibility index (Phi) is 3.75. The Labute approximate surface area is 101 Å². The zero-order valence-electron chi connectivity index (χ0n) is 10.2. The van der Waals surface area contributed by atoms with Crippen LogP contribution in [0.5, 0.6) is 5.75 Å². The molecule has 0 unspecified atom stereocenters. The number of nitrogens with zero attached hydrogens (tertiary/aromatic N) is 2. The van der Waals surface area contributed by atoms with Crippen LogP contribution >= 0.6 is 0 Å². The molecule has 4 nitrogen and oxygen atoms in total. The normalized spacial score (nSPS) is 10.5. The summed E-state index contributed by atoms with van der Waals surface area (Å²) < 4.78 is 5.12. The molecule has 1 N–H and O–H groups in total. The third kappa shape index (κ3) is 3.06. The molecule has 90 valence electrons. The third-order valence-electron chi connectivity index (χ3n) is 2.58. The highest BCUT2D eigenvalue weighted by molar-refractivity contribution is 5.28. The first-order valence-electron chi connectivity index (χ1n) is 5.85. The van der Waals surface area contributed by atoms with E-state index >= 15 is 0 Å². The molecule has 0 aliphatic carbocycles. The molecule has 4 heteroatoms. The first-order chi connectivity index (χ1) is 8.31. The van der Waals surface area contributed by atoms with E-state index in [1.807, 2.05) is 24.3 Å². The van der Waals surface area contributed by atoms with Gasteiger partial charge in [-0.25, -0.2) is 4.98 Å². The molecule has 0 radical (unpaired) electrons. The van der Waals surface area contributed by atoms with E-state index in [1.54, 1.807) is 7.11 Å². The van der Waals surface area contributed by atoms with Gasteiger partial charge < -0.3 is 4.74 Å². The van der Waals surface area contributed by atoms with Crippen molar-refractivity contribution in [3.63, 3.8) is 0 Å². The van der Waals surface area contributed by atoms with Crippen LogP contribution in [0.2, 0.25) is 0 Å². The molecule has 0 aliphatic rings. The summed E-state index contributed by atoms with van der Waals surface area (Å²) in [5, 5.41) is 7.15. The van der Waals surface area contributed by atoms with Gasteiger partial charge in [0.25, 0.3) is 0 Å². The van der Waals surface area contributed by atoms with Gasteiger partial charge in [0.2, 0.25) is 0 Å². The van der Waals surface area contributed by atoms with E-state index in [4.69, 9.17) is 4.74 Å². The summed E-state index contributed by atoms with van der Waals surface area (Å²) in [4.78, 5) is 4.44. The Morgan fingerprint density at radius 2 is 2.00 bits per heavy atom. The number of nitrogens with one attached hydrogen (secondary N) is 1. The summed E-state index contributed by atoms with van der Waals surface area (Å²) >= 11 is 0. The molecule has 1 aromatic carbocycles. The Hall–Kier alpha value is -1.84. The van der Waals surface area contributed by atoms with Crippen LogP contribution < -0.4 is 4.74 Å².